The topological polar surface area (TPSA) is 85.6 Å². The van der Waals surface area contributed by atoms with Crippen molar-refractivity contribution in [3.8, 4) is 17.2 Å². The quantitative estimate of drug-likeness (QED) is 0.558. The van der Waals surface area contributed by atoms with E-state index in [2.05, 4.69) is 44.0 Å². The third-order valence-electron chi connectivity index (χ3n) is 4.35. The van der Waals surface area contributed by atoms with Crippen molar-refractivity contribution in [2.45, 2.75) is 20.3 Å². The van der Waals surface area contributed by atoms with Crippen molar-refractivity contribution in [3.63, 3.8) is 0 Å². The molecule has 8 heteroatoms. The van der Waals surface area contributed by atoms with Gasteiger partial charge in [-0.2, -0.15) is 9.36 Å². The maximum absolute atomic E-state index is 12.3. The number of hydrogen-bond donors (Lipinski definition) is 1. The van der Waals surface area contributed by atoms with Gasteiger partial charge in [-0.15, -0.1) is 5.10 Å². The van der Waals surface area contributed by atoms with Gasteiger partial charge in [0.2, 0.25) is 5.13 Å². The Bertz CT molecular complexity index is 1120. The molecular weight excluding hydrogens is 372 g/mol. The van der Waals surface area contributed by atoms with Gasteiger partial charge in [0.25, 0.3) is 5.91 Å². The first-order chi connectivity index (χ1) is 13.7. The molecule has 4 aromatic rings. The molecule has 7 nitrogen and oxygen atoms in total. The molecule has 140 valence electrons. The summed E-state index contributed by atoms with van der Waals surface area (Å²) in [7, 11) is 0. The van der Waals surface area contributed by atoms with Crippen molar-refractivity contribution >= 4 is 22.6 Å². The number of benzene rings is 2. The first kappa shape index (κ1) is 18.0. The fourth-order valence-corrected chi connectivity index (χ4v) is 3.38. The molecule has 0 atom stereocenters. The maximum Gasteiger partial charge on any atom is 0.257 e. The van der Waals surface area contributed by atoms with Gasteiger partial charge in [0, 0.05) is 17.1 Å². The van der Waals surface area contributed by atoms with Gasteiger partial charge in [-0.25, -0.2) is 4.68 Å². The second-order valence-electron chi connectivity index (χ2n) is 6.20. The van der Waals surface area contributed by atoms with E-state index in [-0.39, 0.29) is 5.91 Å². The number of aryl methyl sites for hydroxylation is 1. The molecule has 0 fully saturated rings. The molecule has 0 radical (unpaired) electrons. The van der Waals surface area contributed by atoms with Crippen LogP contribution in [0.15, 0.2) is 54.6 Å². The summed E-state index contributed by atoms with van der Waals surface area (Å²) in [6.07, 6.45) is 0.951. The fourth-order valence-electron chi connectivity index (χ4n) is 2.82. The lowest BCUT2D eigenvalue weighted by molar-refractivity contribution is 0.102. The van der Waals surface area contributed by atoms with Crippen LogP contribution in [0.2, 0.25) is 0 Å². The van der Waals surface area contributed by atoms with Gasteiger partial charge < -0.3 is 0 Å². The van der Waals surface area contributed by atoms with Crippen molar-refractivity contribution in [1.82, 2.24) is 24.4 Å². The predicted octanol–water partition coefficient (Wildman–Crippen LogP) is 3.91. The maximum atomic E-state index is 12.3. The summed E-state index contributed by atoms with van der Waals surface area (Å²) >= 11 is 1.12. The Labute approximate surface area is 166 Å². The first-order valence-electron chi connectivity index (χ1n) is 8.88. The third-order valence-corrected chi connectivity index (χ3v) is 4.98. The lowest BCUT2D eigenvalue weighted by atomic mass is 10.1. The molecule has 28 heavy (non-hydrogen) atoms. The minimum absolute atomic E-state index is 0.222. The van der Waals surface area contributed by atoms with Crippen LogP contribution in [-0.4, -0.2) is 30.3 Å². The lowest BCUT2D eigenvalue weighted by Crippen LogP contribution is -2.11. The van der Waals surface area contributed by atoms with Gasteiger partial charge in [-0.1, -0.05) is 42.5 Å². The fraction of sp³-hybridized carbons (Fsp3) is 0.150. The Hall–Kier alpha value is -3.39. The van der Waals surface area contributed by atoms with E-state index in [4.69, 9.17) is 0 Å². The monoisotopic (exact) mass is 390 g/mol. The van der Waals surface area contributed by atoms with E-state index in [1.165, 1.54) is 5.56 Å². The number of carbonyl (C=O) groups is 1. The van der Waals surface area contributed by atoms with E-state index in [1.54, 1.807) is 16.8 Å². The van der Waals surface area contributed by atoms with Crippen LogP contribution in [0.4, 0.5) is 5.13 Å². The summed E-state index contributed by atoms with van der Waals surface area (Å²) in [5.74, 6) is 0.226. The molecule has 1 amide bonds. The van der Waals surface area contributed by atoms with Gasteiger partial charge in [-0.3, -0.25) is 10.1 Å². The van der Waals surface area contributed by atoms with Crippen molar-refractivity contribution in [2.24, 2.45) is 0 Å². The standard InChI is InChI=1S/C20H18N6OS/c1-3-14-8-7-11-16(12-14)26-13(2)17(23-25-26)18-21-20(28-24-18)22-19(27)15-9-5-4-6-10-15/h4-12H,3H2,1-2H3,(H,21,22,24,27). The van der Waals surface area contributed by atoms with Crippen LogP contribution in [0.3, 0.4) is 0 Å². The van der Waals surface area contributed by atoms with E-state index in [9.17, 15) is 4.79 Å². The Morgan fingerprint density at radius 3 is 2.75 bits per heavy atom. The number of rotatable bonds is 5. The van der Waals surface area contributed by atoms with Crippen molar-refractivity contribution < 1.29 is 4.79 Å². The molecule has 4 rings (SSSR count). The number of hydrogen-bond acceptors (Lipinski definition) is 6. The highest BCUT2D eigenvalue weighted by atomic mass is 32.1. The predicted molar refractivity (Wildman–Crippen MR) is 109 cm³/mol. The molecule has 0 saturated heterocycles. The zero-order valence-corrected chi connectivity index (χ0v) is 16.3. The molecule has 0 unspecified atom stereocenters. The molecule has 2 heterocycles. The lowest BCUT2D eigenvalue weighted by Gasteiger charge is -2.05. The summed E-state index contributed by atoms with van der Waals surface area (Å²) in [5, 5.41) is 11.7. The van der Waals surface area contributed by atoms with Gasteiger partial charge in [-0.05, 0) is 43.2 Å². The van der Waals surface area contributed by atoms with Crippen LogP contribution < -0.4 is 5.32 Å². The number of carbonyl (C=O) groups excluding carboxylic acids is 1. The molecule has 0 aliphatic heterocycles. The highest BCUT2D eigenvalue weighted by molar-refractivity contribution is 7.10. The second kappa shape index (κ2) is 7.69. The smallest absolute Gasteiger partial charge is 0.257 e. The summed E-state index contributed by atoms with van der Waals surface area (Å²) in [5.41, 5.74) is 4.18. The van der Waals surface area contributed by atoms with Gasteiger partial charge in [0.15, 0.2) is 11.5 Å². The number of nitrogens with zero attached hydrogens (tertiary/aromatic N) is 5. The average molecular weight is 390 g/mol. The van der Waals surface area contributed by atoms with Crippen LogP contribution in [0, 0.1) is 6.92 Å². The SMILES string of the molecule is CCc1cccc(-n2nnc(-c3nsc(NC(=O)c4ccccc4)n3)c2C)c1. The van der Waals surface area contributed by atoms with E-state index in [0.717, 1.165) is 29.3 Å². The number of nitrogens with one attached hydrogen (secondary N) is 1. The molecule has 0 aliphatic rings. The molecule has 0 aliphatic carbocycles. The minimum Gasteiger partial charge on any atom is -0.297 e. The summed E-state index contributed by atoms with van der Waals surface area (Å²) in [4.78, 5) is 16.7. The Balaban J connectivity index is 1.57. The molecule has 0 bridgehead atoms. The summed E-state index contributed by atoms with van der Waals surface area (Å²) in [6.45, 7) is 4.04. The van der Waals surface area contributed by atoms with E-state index < -0.39 is 0 Å². The molecule has 0 spiro atoms. The van der Waals surface area contributed by atoms with Gasteiger partial charge in [0.05, 0.1) is 11.4 Å². The van der Waals surface area contributed by atoms with E-state index >= 15 is 0 Å². The highest BCUT2D eigenvalue weighted by Gasteiger charge is 2.18. The average Bonchev–Trinajstić information content (AvgIpc) is 3.35. The minimum atomic E-state index is -0.222. The van der Waals surface area contributed by atoms with Gasteiger partial charge in [0.1, 0.15) is 0 Å². The van der Waals surface area contributed by atoms with Crippen molar-refractivity contribution in [2.75, 3.05) is 5.32 Å². The summed E-state index contributed by atoms with van der Waals surface area (Å²) < 4.78 is 6.11. The summed E-state index contributed by atoms with van der Waals surface area (Å²) in [6, 6.07) is 17.2. The zero-order valence-electron chi connectivity index (χ0n) is 15.5. The van der Waals surface area contributed by atoms with Crippen LogP contribution in [0.1, 0.15) is 28.5 Å². The number of aromatic nitrogens is 5. The van der Waals surface area contributed by atoms with Crippen LogP contribution in [0.25, 0.3) is 17.2 Å². The van der Waals surface area contributed by atoms with Crippen molar-refractivity contribution in [3.05, 3.63) is 71.4 Å². The number of amides is 1. The molecule has 2 aromatic heterocycles. The van der Waals surface area contributed by atoms with Crippen LogP contribution in [0.5, 0.6) is 0 Å². The molecule has 1 N–H and O–H groups in total. The Kier molecular flexibility index (Phi) is 4.94. The Morgan fingerprint density at radius 1 is 1.14 bits per heavy atom. The Morgan fingerprint density at radius 2 is 1.96 bits per heavy atom. The first-order valence-corrected chi connectivity index (χ1v) is 9.65. The zero-order chi connectivity index (χ0) is 19.5. The normalized spacial score (nSPS) is 10.8. The molecular formula is C20H18N6OS. The molecule has 0 saturated carbocycles. The third kappa shape index (κ3) is 3.54. The van der Waals surface area contributed by atoms with E-state index in [0.29, 0.717) is 22.2 Å². The second-order valence-corrected chi connectivity index (χ2v) is 6.95. The molecule has 2 aromatic carbocycles. The van der Waals surface area contributed by atoms with Crippen molar-refractivity contribution in [1.29, 1.82) is 0 Å². The van der Waals surface area contributed by atoms with Crippen LogP contribution in [-0.2, 0) is 6.42 Å². The largest absolute Gasteiger partial charge is 0.297 e. The van der Waals surface area contributed by atoms with Crippen LogP contribution >= 0.6 is 11.5 Å². The number of anilines is 1. The van der Waals surface area contributed by atoms with E-state index in [1.807, 2.05) is 37.3 Å². The highest BCUT2D eigenvalue weighted by Crippen LogP contribution is 2.24. The van der Waals surface area contributed by atoms with Gasteiger partial charge >= 0.3 is 0 Å².